The Bertz CT molecular complexity index is 566. The summed E-state index contributed by atoms with van der Waals surface area (Å²) in [5.74, 6) is 0.430. The Kier molecular flexibility index (Phi) is 1.02. The highest BCUT2D eigenvalue weighted by Gasteiger charge is 2.61. The molecule has 0 bridgehead atoms. The van der Waals surface area contributed by atoms with Crippen LogP contribution in [0.3, 0.4) is 0 Å². The molecule has 1 aliphatic carbocycles. The van der Waals surface area contributed by atoms with E-state index in [9.17, 15) is 4.39 Å². The van der Waals surface area contributed by atoms with E-state index in [-0.39, 0.29) is 11.4 Å². The van der Waals surface area contributed by atoms with Crippen LogP contribution in [0.2, 0.25) is 0 Å². The Morgan fingerprint density at radius 2 is 1.67 bits per heavy atom. The molecule has 72 valence electrons. The maximum Gasteiger partial charge on any atom is 0.189 e. The Morgan fingerprint density at radius 3 is 2.33 bits per heavy atom. The summed E-state index contributed by atoms with van der Waals surface area (Å²) in [6.07, 6.45) is 0. The SMILES string of the molecule is Fc1ccc2c(c1)OC21c2ccccc21. The molecule has 0 amide bonds. The zero-order valence-corrected chi connectivity index (χ0v) is 7.83. The molecule has 0 unspecified atom stereocenters. The highest BCUT2D eigenvalue weighted by atomic mass is 19.1. The molecule has 1 spiro atoms. The van der Waals surface area contributed by atoms with Gasteiger partial charge in [-0.05, 0) is 12.1 Å². The van der Waals surface area contributed by atoms with Crippen molar-refractivity contribution < 1.29 is 9.13 Å². The van der Waals surface area contributed by atoms with E-state index >= 15 is 0 Å². The normalized spacial score (nSPS) is 17.4. The van der Waals surface area contributed by atoms with Crippen LogP contribution in [0.5, 0.6) is 5.75 Å². The van der Waals surface area contributed by atoms with E-state index in [0.29, 0.717) is 5.75 Å². The molecule has 0 fully saturated rings. The van der Waals surface area contributed by atoms with Gasteiger partial charge in [0.2, 0.25) is 0 Å². The number of benzene rings is 2. The fraction of sp³-hybridized carbons (Fsp3) is 0.0769. The first kappa shape index (κ1) is 7.46. The molecular weight excluding hydrogens is 191 g/mol. The number of ether oxygens (including phenoxy) is 1. The second-order valence-corrected chi connectivity index (χ2v) is 3.97. The molecule has 4 rings (SSSR count). The third-order valence-corrected chi connectivity index (χ3v) is 3.21. The van der Waals surface area contributed by atoms with Crippen molar-refractivity contribution in [2.45, 2.75) is 5.60 Å². The van der Waals surface area contributed by atoms with E-state index in [1.807, 2.05) is 18.2 Å². The van der Waals surface area contributed by atoms with Gasteiger partial charge in [0, 0.05) is 22.8 Å². The first-order valence-electron chi connectivity index (χ1n) is 4.91. The Morgan fingerprint density at radius 1 is 0.933 bits per heavy atom. The zero-order chi connectivity index (χ0) is 10.0. The van der Waals surface area contributed by atoms with E-state index in [0.717, 1.165) is 5.56 Å². The molecule has 2 heteroatoms. The van der Waals surface area contributed by atoms with Gasteiger partial charge in [0.05, 0.1) is 0 Å². The minimum Gasteiger partial charge on any atom is -0.472 e. The van der Waals surface area contributed by atoms with Crippen LogP contribution < -0.4 is 4.74 Å². The molecule has 2 aliphatic rings. The standard InChI is InChI=1S/C13H7FO/c14-8-5-6-11-12(7-8)15-13(11)9-3-1-2-4-10(9)13/h1-7H. The molecule has 0 saturated heterocycles. The van der Waals surface area contributed by atoms with Gasteiger partial charge >= 0.3 is 0 Å². The van der Waals surface area contributed by atoms with Crippen LogP contribution in [0, 0.1) is 5.82 Å². The van der Waals surface area contributed by atoms with E-state index < -0.39 is 0 Å². The second kappa shape index (κ2) is 2.06. The lowest BCUT2D eigenvalue weighted by Crippen LogP contribution is -2.30. The lowest BCUT2D eigenvalue weighted by atomic mass is 9.97. The number of hydrogen-bond donors (Lipinski definition) is 0. The molecular formula is C13H7FO. The highest BCUT2D eigenvalue weighted by Crippen LogP contribution is 2.63. The van der Waals surface area contributed by atoms with Gasteiger partial charge in [0.25, 0.3) is 0 Å². The van der Waals surface area contributed by atoms with Gasteiger partial charge in [0.1, 0.15) is 11.6 Å². The molecule has 0 saturated carbocycles. The summed E-state index contributed by atoms with van der Waals surface area (Å²) in [5.41, 5.74) is 3.20. The average molecular weight is 198 g/mol. The number of hydrogen-bond acceptors (Lipinski definition) is 1. The Balaban J connectivity index is 1.91. The molecule has 0 aromatic heterocycles. The van der Waals surface area contributed by atoms with E-state index in [1.165, 1.54) is 23.3 Å². The summed E-state index contributed by atoms with van der Waals surface area (Å²) < 4.78 is 18.6. The Hall–Kier alpha value is -1.83. The van der Waals surface area contributed by atoms with Crippen LogP contribution in [0.15, 0.2) is 42.5 Å². The van der Waals surface area contributed by atoms with Crippen molar-refractivity contribution >= 4 is 0 Å². The zero-order valence-electron chi connectivity index (χ0n) is 7.83. The first-order valence-corrected chi connectivity index (χ1v) is 4.91. The molecule has 1 heterocycles. The molecule has 0 N–H and O–H groups in total. The summed E-state index contributed by atoms with van der Waals surface area (Å²) in [5, 5.41) is 0. The lowest BCUT2D eigenvalue weighted by molar-refractivity contribution is 0.143. The van der Waals surface area contributed by atoms with Gasteiger partial charge in [0.15, 0.2) is 5.60 Å². The molecule has 1 aliphatic heterocycles. The van der Waals surface area contributed by atoms with E-state index in [4.69, 9.17) is 4.74 Å². The monoisotopic (exact) mass is 198 g/mol. The third-order valence-electron chi connectivity index (χ3n) is 3.21. The predicted molar refractivity (Wildman–Crippen MR) is 53.4 cm³/mol. The van der Waals surface area contributed by atoms with Gasteiger partial charge in [-0.3, -0.25) is 0 Å². The fourth-order valence-electron chi connectivity index (χ4n) is 2.46. The number of halogens is 1. The van der Waals surface area contributed by atoms with Gasteiger partial charge in [-0.2, -0.15) is 0 Å². The van der Waals surface area contributed by atoms with Crippen LogP contribution in [0.25, 0.3) is 0 Å². The fourth-order valence-corrected chi connectivity index (χ4v) is 2.46. The van der Waals surface area contributed by atoms with Gasteiger partial charge in [-0.15, -0.1) is 0 Å². The van der Waals surface area contributed by atoms with E-state index in [1.54, 1.807) is 0 Å². The molecule has 2 aromatic rings. The molecule has 0 atom stereocenters. The molecule has 0 radical (unpaired) electrons. The maximum absolute atomic E-state index is 12.9. The summed E-state index contributed by atoms with van der Waals surface area (Å²) in [7, 11) is 0. The van der Waals surface area contributed by atoms with Crippen molar-refractivity contribution in [3.8, 4) is 5.75 Å². The molecule has 1 nitrogen and oxygen atoms in total. The van der Waals surface area contributed by atoms with Crippen LogP contribution in [0.4, 0.5) is 4.39 Å². The topological polar surface area (TPSA) is 9.23 Å². The van der Waals surface area contributed by atoms with Crippen molar-refractivity contribution in [3.05, 3.63) is 65.0 Å². The van der Waals surface area contributed by atoms with Crippen molar-refractivity contribution in [1.29, 1.82) is 0 Å². The molecule has 2 aromatic carbocycles. The van der Waals surface area contributed by atoms with Crippen LogP contribution >= 0.6 is 0 Å². The summed E-state index contributed by atoms with van der Waals surface area (Å²) in [4.78, 5) is 0. The maximum atomic E-state index is 12.9. The average Bonchev–Trinajstić information content (AvgIpc) is 2.89. The van der Waals surface area contributed by atoms with Crippen molar-refractivity contribution in [2.24, 2.45) is 0 Å². The summed E-state index contributed by atoms with van der Waals surface area (Å²) in [6.45, 7) is 0. The lowest BCUT2D eigenvalue weighted by Gasteiger charge is -2.32. The summed E-state index contributed by atoms with van der Waals surface area (Å²) in [6, 6.07) is 12.9. The number of rotatable bonds is 0. The quantitative estimate of drug-likeness (QED) is 0.632. The first-order chi connectivity index (χ1) is 7.32. The summed E-state index contributed by atoms with van der Waals surface area (Å²) >= 11 is 0. The van der Waals surface area contributed by atoms with Crippen LogP contribution in [-0.4, -0.2) is 0 Å². The van der Waals surface area contributed by atoms with E-state index in [2.05, 4.69) is 12.1 Å². The van der Waals surface area contributed by atoms with Gasteiger partial charge in [-0.1, -0.05) is 24.3 Å². The Labute approximate surface area is 86.1 Å². The minimum absolute atomic E-state index is 0.242. The predicted octanol–water partition coefficient (Wildman–Crippen LogP) is 2.82. The van der Waals surface area contributed by atoms with Gasteiger partial charge < -0.3 is 4.74 Å². The van der Waals surface area contributed by atoms with Crippen LogP contribution in [0.1, 0.15) is 16.7 Å². The van der Waals surface area contributed by atoms with Gasteiger partial charge in [-0.25, -0.2) is 4.39 Å². The van der Waals surface area contributed by atoms with Crippen LogP contribution in [-0.2, 0) is 5.60 Å². The highest BCUT2D eigenvalue weighted by molar-refractivity contribution is 5.72. The van der Waals surface area contributed by atoms with Crippen molar-refractivity contribution in [3.63, 3.8) is 0 Å². The third kappa shape index (κ3) is 0.675. The largest absolute Gasteiger partial charge is 0.472 e. The molecule has 15 heavy (non-hydrogen) atoms. The minimum atomic E-state index is -0.313. The smallest absolute Gasteiger partial charge is 0.189 e. The van der Waals surface area contributed by atoms with Crippen molar-refractivity contribution in [2.75, 3.05) is 0 Å². The second-order valence-electron chi connectivity index (χ2n) is 3.97. The van der Waals surface area contributed by atoms with Crippen molar-refractivity contribution in [1.82, 2.24) is 0 Å². The number of fused-ring (bicyclic) bond motifs is 5.